The van der Waals surface area contributed by atoms with E-state index in [1.54, 1.807) is 26.2 Å². The lowest BCUT2D eigenvalue weighted by molar-refractivity contribution is 0.0824. The number of rotatable bonds is 7. The number of phenolic OH excluding ortho intramolecular Hbond substituents is 1. The number of phenols is 1. The summed E-state index contributed by atoms with van der Waals surface area (Å²) in [5, 5.41) is 16.8. The molecule has 8 heteroatoms. The molecule has 0 spiro atoms. The smallest absolute Gasteiger partial charge is 0.257 e. The predicted molar refractivity (Wildman–Crippen MR) is 125 cm³/mol. The molecule has 1 atom stereocenters. The molecule has 1 aliphatic heterocycles. The van der Waals surface area contributed by atoms with Crippen molar-refractivity contribution in [3.05, 3.63) is 73.5 Å². The first-order chi connectivity index (χ1) is 15.8. The third-order valence-electron chi connectivity index (χ3n) is 6.32. The molecule has 8 nitrogen and oxygen atoms in total. The van der Waals surface area contributed by atoms with Crippen molar-refractivity contribution in [2.24, 2.45) is 5.92 Å². The molecular weight excluding hydrogens is 422 g/mol. The van der Waals surface area contributed by atoms with Crippen LogP contribution in [0.2, 0.25) is 0 Å². The van der Waals surface area contributed by atoms with Crippen LogP contribution in [0.4, 0.5) is 17.1 Å². The lowest BCUT2D eigenvalue weighted by Gasteiger charge is -2.24. The molecule has 3 N–H and O–H groups in total. The van der Waals surface area contributed by atoms with Gasteiger partial charge >= 0.3 is 0 Å². The minimum atomic E-state index is -0.659. The van der Waals surface area contributed by atoms with E-state index in [0.29, 0.717) is 12.5 Å². The molecule has 170 valence electrons. The number of amides is 1. The van der Waals surface area contributed by atoms with Crippen molar-refractivity contribution in [3.63, 3.8) is 0 Å². The van der Waals surface area contributed by atoms with E-state index >= 15 is 0 Å². The molecule has 0 bridgehead atoms. The Kier molecular flexibility index (Phi) is 5.08. The average Bonchev–Trinajstić information content (AvgIpc) is 3.54. The monoisotopic (exact) mass is 447 g/mol. The fraction of sp³-hybridized carbons (Fsp3) is 0.320. The second-order valence-corrected chi connectivity index (χ2v) is 8.86. The van der Waals surface area contributed by atoms with Gasteiger partial charge in [0.15, 0.2) is 5.75 Å². The van der Waals surface area contributed by atoms with Gasteiger partial charge in [-0.05, 0) is 48.1 Å². The maximum absolute atomic E-state index is 12.5. The molecule has 3 aromatic carbocycles. The lowest BCUT2D eigenvalue weighted by atomic mass is 9.98. The van der Waals surface area contributed by atoms with Crippen LogP contribution in [0, 0.1) is 5.92 Å². The van der Waals surface area contributed by atoms with Gasteiger partial charge in [-0.3, -0.25) is 14.4 Å². The second kappa shape index (κ2) is 7.95. The van der Waals surface area contributed by atoms with Crippen molar-refractivity contribution in [2.45, 2.75) is 25.3 Å². The largest absolute Gasteiger partial charge is 0.505 e. The molecule has 5 rings (SSSR count). The van der Waals surface area contributed by atoms with E-state index < -0.39 is 10.9 Å². The van der Waals surface area contributed by atoms with Crippen molar-refractivity contribution < 1.29 is 14.6 Å². The van der Waals surface area contributed by atoms with Gasteiger partial charge in [-0.25, -0.2) is 0 Å². The number of carbonyl (C=O) groups is 1. The van der Waals surface area contributed by atoms with Crippen LogP contribution in [0.5, 0.6) is 11.5 Å². The van der Waals surface area contributed by atoms with Gasteiger partial charge in [0.1, 0.15) is 17.1 Å². The van der Waals surface area contributed by atoms with Crippen molar-refractivity contribution in [2.75, 3.05) is 31.3 Å². The molecule has 2 aliphatic rings. The number of para-hydroxylation sites is 1. The van der Waals surface area contributed by atoms with E-state index in [4.69, 9.17) is 4.74 Å². The van der Waals surface area contributed by atoms with Crippen LogP contribution in [0.1, 0.15) is 40.4 Å². The molecule has 1 aliphatic carbocycles. The van der Waals surface area contributed by atoms with Crippen molar-refractivity contribution in [1.29, 1.82) is 0 Å². The van der Waals surface area contributed by atoms with E-state index in [1.165, 1.54) is 16.5 Å². The van der Waals surface area contributed by atoms with Crippen LogP contribution in [-0.2, 0) is 6.42 Å². The van der Waals surface area contributed by atoms with Crippen LogP contribution in [-0.4, -0.2) is 36.6 Å². The minimum Gasteiger partial charge on any atom is -0.505 e. The second-order valence-electron chi connectivity index (χ2n) is 8.86. The highest BCUT2D eigenvalue weighted by atomic mass is 16.5. The van der Waals surface area contributed by atoms with E-state index in [2.05, 4.69) is 16.7 Å². The standard InChI is InChI=1S/C25H25N3O5/c1-28(2)25(32)16-4-3-5-17(22(16)29)26-20-21(24(31)23(20)30)27-19(14-7-8-14)15-9-6-13-10-11-33-18(13)12-15/h3-6,9,12,14,19,26-27,29H,7-8,10-11H2,1-2H3/t19-/m1/s1. The first kappa shape index (κ1) is 21.1. The van der Waals surface area contributed by atoms with E-state index in [0.717, 1.165) is 30.6 Å². The normalized spacial score (nSPS) is 15.6. The minimum absolute atomic E-state index is 0.0906. The highest BCUT2D eigenvalue weighted by molar-refractivity contribution is 5.99. The van der Waals surface area contributed by atoms with E-state index in [-0.39, 0.29) is 40.3 Å². The molecule has 0 unspecified atom stereocenters. The summed E-state index contributed by atoms with van der Waals surface area (Å²) in [4.78, 5) is 38.5. The Morgan fingerprint density at radius 3 is 2.61 bits per heavy atom. The van der Waals surface area contributed by atoms with E-state index in [9.17, 15) is 19.5 Å². The number of aromatic hydroxyl groups is 1. The summed E-state index contributed by atoms with van der Waals surface area (Å²) in [6.45, 7) is 0.672. The number of hydrogen-bond acceptors (Lipinski definition) is 7. The van der Waals surface area contributed by atoms with Gasteiger partial charge in [0.05, 0.1) is 23.9 Å². The topological polar surface area (TPSA) is 108 Å². The maximum atomic E-state index is 12.5. The highest BCUT2D eigenvalue weighted by Gasteiger charge is 2.35. The maximum Gasteiger partial charge on any atom is 0.257 e. The number of anilines is 3. The molecule has 1 heterocycles. The van der Waals surface area contributed by atoms with Crippen molar-refractivity contribution in [1.82, 2.24) is 4.90 Å². The van der Waals surface area contributed by atoms with Crippen LogP contribution >= 0.6 is 0 Å². The van der Waals surface area contributed by atoms with Crippen LogP contribution < -0.4 is 26.2 Å². The first-order valence-corrected chi connectivity index (χ1v) is 11.0. The molecule has 1 amide bonds. The number of benzene rings is 2. The fourth-order valence-corrected chi connectivity index (χ4v) is 4.28. The zero-order valence-corrected chi connectivity index (χ0v) is 18.5. The zero-order valence-electron chi connectivity index (χ0n) is 18.5. The van der Waals surface area contributed by atoms with Gasteiger partial charge in [0, 0.05) is 20.5 Å². The SMILES string of the molecule is CN(C)C(=O)c1cccc(Nc2c(N[C@@H](c3ccc4c(c3)OCC4)C3CC3)c(=O)c2=O)c1O. The summed E-state index contributed by atoms with van der Waals surface area (Å²) in [6.07, 6.45) is 2.95. The van der Waals surface area contributed by atoms with Crippen molar-refractivity contribution in [3.8, 4) is 11.5 Å². The average molecular weight is 447 g/mol. The molecule has 1 saturated carbocycles. The molecular formula is C25H25N3O5. The van der Waals surface area contributed by atoms with Gasteiger partial charge in [-0.2, -0.15) is 0 Å². The van der Waals surface area contributed by atoms with E-state index in [1.807, 2.05) is 12.1 Å². The quantitative estimate of drug-likeness (QED) is 0.378. The fourth-order valence-electron chi connectivity index (χ4n) is 4.28. The highest BCUT2D eigenvalue weighted by Crippen LogP contribution is 2.45. The van der Waals surface area contributed by atoms with Crippen LogP contribution in [0.3, 0.4) is 0 Å². The Hall–Kier alpha value is -3.81. The third kappa shape index (κ3) is 3.71. The number of fused-ring (bicyclic) bond motifs is 1. The van der Waals surface area contributed by atoms with Gasteiger partial charge in [0.2, 0.25) is 0 Å². The third-order valence-corrected chi connectivity index (χ3v) is 6.32. The van der Waals surface area contributed by atoms with Gasteiger partial charge < -0.3 is 25.4 Å². The number of nitrogens with one attached hydrogen (secondary N) is 2. The lowest BCUT2D eigenvalue weighted by Crippen LogP contribution is -2.37. The zero-order chi connectivity index (χ0) is 23.3. The Balaban J connectivity index is 1.44. The molecule has 0 saturated heterocycles. The van der Waals surface area contributed by atoms with Crippen molar-refractivity contribution >= 4 is 23.0 Å². The first-order valence-electron chi connectivity index (χ1n) is 11.0. The summed E-state index contributed by atoms with van der Waals surface area (Å²) in [5.41, 5.74) is 1.51. The number of hydrogen-bond donors (Lipinski definition) is 3. The number of ether oxygens (including phenoxy) is 1. The summed E-state index contributed by atoms with van der Waals surface area (Å²) < 4.78 is 5.70. The Morgan fingerprint density at radius 2 is 1.88 bits per heavy atom. The molecule has 0 aromatic heterocycles. The molecule has 1 fully saturated rings. The Bertz CT molecular complexity index is 1320. The van der Waals surface area contributed by atoms with Gasteiger partial charge in [-0.1, -0.05) is 18.2 Å². The Morgan fingerprint density at radius 1 is 1.12 bits per heavy atom. The molecule has 0 radical (unpaired) electrons. The number of nitrogens with zero attached hydrogens (tertiary/aromatic N) is 1. The van der Waals surface area contributed by atoms with Crippen LogP contribution in [0.25, 0.3) is 0 Å². The summed E-state index contributed by atoms with van der Waals surface area (Å²) in [7, 11) is 3.17. The molecule has 33 heavy (non-hydrogen) atoms. The summed E-state index contributed by atoms with van der Waals surface area (Å²) in [5.74, 6) is 0.587. The molecule has 3 aromatic rings. The van der Waals surface area contributed by atoms with Gasteiger partial charge in [0.25, 0.3) is 16.8 Å². The summed E-state index contributed by atoms with van der Waals surface area (Å²) in [6, 6.07) is 10.7. The Labute approximate surface area is 190 Å². The predicted octanol–water partition coefficient (Wildman–Crippen LogP) is 2.93. The van der Waals surface area contributed by atoms with Crippen LogP contribution in [0.15, 0.2) is 46.0 Å². The summed E-state index contributed by atoms with van der Waals surface area (Å²) >= 11 is 0. The van der Waals surface area contributed by atoms with Gasteiger partial charge in [-0.15, -0.1) is 0 Å². The number of carbonyl (C=O) groups excluding carboxylic acids is 1.